The van der Waals surface area contributed by atoms with Crippen LogP contribution in [0.3, 0.4) is 0 Å². The largest absolute Gasteiger partial charge is 0.454 e. The maximum absolute atomic E-state index is 12.6. The first-order chi connectivity index (χ1) is 15.8. The summed E-state index contributed by atoms with van der Waals surface area (Å²) in [6.07, 6.45) is 0.0443. The summed E-state index contributed by atoms with van der Waals surface area (Å²) in [5.74, 6) is -1.46. The number of esters is 2. The van der Waals surface area contributed by atoms with Crippen LogP contribution in [0.5, 0.6) is 0 Å². The molecule has 1 aliphatic rings. The van der Waals surface area contributed by atoms with E-state index in [1.807, 2.05) is 63.2 Å². The van der Waals surface area contributed by atoms with Crippen LogP contribution in [-0.2, 0) is 20.7 Å². The van der Waals surface area contributed by atoms with Crippen molar-refractivity contribution in [3.05, 3.63) is 99.6 Å². The number of hydrogen-bond acceptors (Lipinski definition) is 5. The number of carbonyl (C=O) groups is 3. The lowest BCUT2D eigenvalue weighted by atomic mass is 9.93. The molecule has 1 unspecified atom stereocenters. The van der Waals surface area contributed by atoms with Crippen molar-refractivity contribution in [2.75, 3.05) is 11.9 Å². The predicted molar refractivity (Wildman–Crippen MR) is 124 cm³/mol. The summed E-state index contributed by atoms with van der Waals surface area (Å²) in [7, 11) is 0. The van der Waals surface area contributed by atoms with Gasteiger partial charge in [-0.1, -0.05) is 48.0 Å². The number of rotatable bonds is 5. The molecule has 0 aliphatic carbocycles. The molecule has 3 aromatic carbocycles. The SMILES string of the molecule is Cc1cc(C)c(NC(=O)COC(=O)c2ccc3c(c2)CC(c2ccccc2)OC3=O)c(C)c1. The highest BCUT2D eigenvalue weighted by atomic mass is 16.5. The van der Waals surface area contributed by atoms with Gasteiger partial charge < -0.3 is 14.8 Å². The van der Waals surface area contributed by atoms with Crippen LogP contribution in [0.2, 0.25) is 0 Å². The molecule has 1 heterocycles. The molecule has 1 amide bonds. The lowest BCUT2D eigenvalue weighted by molar-refractivity contribution is -0.119. The first-order valence-corrected chi connectivity index (χ1v) is 10.8. The maximum atomic E-state index is 12.6. The molecule has 6 nitrogen and oxygen atoms in total. The van der Waals surface area contributed by atoms with Gasteiger partial charge in [-0.15, -0.1) is 0 Å². The maximum Gasteiger partial charge on any atom is 0.339 e. The van der Waals surface area contributed by atoms with Gasteiger partial charge in [-0.05, 0) is 61.2 Å². The lowest BCUT2D eigenvalue weighted by Gasteiger charge is -2.25. The van der Waals surface area contributed by atoms with Gasteiger partial charge in [-0.3, -0.25) is 4.79 Å². The van der Waals surface area contributed by atoms with Crippen LogP contribution in [0.25, 0.3) is 0 Å². The van der Waals surface area contributed by atoms with Crippen LogP contribution >= 0.6 is 0 Å². The van der Waals surface area contributed by atoms with E-state index in [9.17, 15) is 14.4 Å². The molecule has 0 radical (unpaired) electrons. The summed E-state index contributed by atoms with van der Waals surface area (Å²) in [5.41, 5.74) is 6.05. The summed E-state index contributed by atoms with van der Waals surface area (Å²) < 4.78 is 10.8. The molecule has 4 rings (SSSR count). The molecular formula is C27H25NO5. The Morgan fingerprint density at radius 3 is 2.39 bits per heavy atom. The molecule has 168 valence electrons. The molecule has 1 N–H and O–H groups in total. The Kier molecular flexibility index (Phi) is 6.27. The average molecular weight is 443 g/mol. The van der Waals surface area contributed by atoms with Crippen LogP contribution in [0.4, 0.5) is 5.69 Å². The minimum absolute atomic E-state index is 0.283. The third-order valence-corrected chi connectivity index (χ3v) is 5.66. The second-order valence-electron chi connectivity index (χ2n) is 8.28. The summed E-state index contributed by atoms with van der Waals surface area (Å²) in [6, 6.07) is 18.1. The summed E-state index contributed by atoms with van der Waals surface area (Å²) in [6.45, 7) is 5.43. The first kappa shape index (κ1) is 22.3. The molecule has 1 aliphatic heterocycles. The number of amides is 1. The van der Waals surface area contributed by atoms with E-state index in [1.54, 1.807) is 12.1 Å². The van der Waals surface area contributed by atoms with Gasteiger partial charge in [-0.25, -0.2) is 9.59 Å². The van der Waals surface area contributed by atoms with Crippen molar-refractivity contribution in [2.24, 2.45) is 0 Å². The molecule has 6 heteroatoms. The molecule has 0 aromatic heterocycles. The molecule has 0 saturated carbocycles. The highest BCUT2D eigenvalue weighted by Crippen LogP contribution is 2.31. The van der Waals surface area contributed by atoms with E-state index >= 15 is 0 Å². The molecule has 3 aromatic rings. The van der Waals surface area contributed by atoms with Gasteiger partial charge in [0.15, 0.2) is 6.61 Å². The van der Waals surface area contributed by atoms with Gasteiger partial charge in [0.1, 0.15) is 6.10 Å². The number of carbonyl (C=O) groups excluding carboxylic acids is 3. The van der Waals surface area contributed by atoms with Crippen molar-refractivity contribution in [1.82, 2.24) is 0 Å². The van der Waals surface area contributed by atoms with E-state index in [-0.39, 0.29) is 5.56 Å². The van der Waals surface area contributed by atoms with Crippen molar-refractivity contribution in [1.29, 1.82) is 0 Å². The third-order valence-electron chi connectivity index (χ3n) is 5.66. The third kappa shape index (κ3) is 4.95. The van der Waals surface area contributed by atoms with Crippen LogP contribution in [-0.4, -0.2) is 24.5 Å². The van der Waals surface area contributed by atoms with Crippen LogP contribution in [0.15, 0.2) is 60.7 Å². The Bertz CT molecular complexity index is 1210. The average Bonchev–Trinajstić information content (AvgIpc) is 2.80. The number of nitrogens with one attached hydrogen (secondary N) is 1. The summed E-state index contributed by atoms with van der Waals surface area (Å²) in [5, 5.41) is 2.81. The van der Waals surface area contributed by atoms with E-state index < -0.39 is 30.6 Å². The Hall–Kier alpha value is -3.93. The van der Waals surface area contributed by atoms with Crippen LogP contribution in [0, 0.1) is 20.8 Å². The van der Waals surface area contributed by atoms with Crippen LogP contribution in [0.1, 0.15) is 54.6 Å². The second-order valence-corrected chi connectivity index (χ2v) is 8.28. The first-order valence-electron chi connectivity index (χ1n) is 10.8. The number of anilines is 1. The number of hydrogen-bond donors (Lipinski definition) is 1. The smallest absolute Gasteiger partial charge is 0.339 e. The van der Waals surface area contributed by atoms with Gasteiger partial charge in [0.25, 0.3) is 5.91 Å². The lowest BCUT2D eigenvalue weighted by Crippen LogP contribution is -2.23. The van der Waals surface area contributed by atoms with Crippen molar-refractivity contribution < 1.29 is 23.9 Å². The van der Waals surface area contributed by atoms with Crippen molar-refractivity contribution in [3.8, 4) is 0 Å². The number of benzene rings is 3. The zero-order valence-corrected chi connectivity index (χ0v) is 18.8. The topological polar surface area (TPSA) is 81.7 Å². The van der Waals surface area contributed by atoms with Crippen molar-refractivity contribution >= 4 is 23.5 Å². The number of ether oxygens (including phenoxy) is 2. The van der Waals surface area contributed by atoms with E-state index in [2.05, 4.69) is 5.32 Å². The predicted octanol–water partition coefficient (Wildman–Crippen LogP) is 4.86. The van der Waals surface area contributed by atoms with Gasteiger partial charge in [0.05, 0.1) is 11.1 Å². The Morgan fingerprint density at radius 2 is 1.70 bits per heavy atom. The molecule has 1 atom stereocenters. The van der Waals surface area contributed by atoms with Gasteiger partial charge in [0, 0.05) is 12.1 Å². The molecule has 33 heavy (non-hydrogen) atoms. The summed E-state index contributed by atoms with van der Waals surface area (Å²) in [4.78, 5) is 37.4. The zero-order valence-electron chi connectivity index (χ0n) is 18.8. The van der Waals surface area contributed by atoms with E-state index in [0.717, 1.165) is 27.9 Å². The summed E-state index contributed by atoms with van der Waals surface area (Å²) >= 11 is 0. The van der Waals surface area contributed by atoms with Crippen molar-refractivity contribution in [2.45, 2.75) is 33.3 Å². The van der Waals surface area contributed by atoms with E-state index in [0.29, 0.717) is 17.5 Å². The molecule has 0 saturated heterocycles. The quantitative estimate of drug-likeness (QED) is 0.570. The van der Waals surface area contributed by atoms with Gasteiger partial charge >= 0.3 is 11.9 Å². The Morgan fingerprint density at radius 1 is 1.00 bits per heavy atom. The zero-order chi connectivity index (χ0) is 23.5. The van der Waals surface area contributed by atoms with Crippen molar-refractivity contribution in [3.63, 3.8) is 0 Å². The molecular weight excluding hydrogens is 418 g/mol. The standard InChI is InChI=1S/C27H25NO5/c1-16-11-17(2)25(18(3)12-16)28-24(29)15-32-26(30)20-9-10-22-21(13-20)14-23(33-27(22)31)19-7-5-4-6-8-19/h4-13,23H,14-15H2,1-3H3,(H,28,29). The number of aryl methyl sites for hydroxylation is 3. The number of fused-ring (bicyclic) bond motifs is 1. The highest BCUT2D eigenvalue weighted by molar-refractivity contribution is 5.98. The highest BCUT2D eigenvalue weighted by Gasteiger charge is 2.28. The van der Waals surface area contributed by atoms with E-state index in [4.69, 9.17) is 9.47 Å². The molecule has 0 fully saturated rings. The minimum Gasteiger partial charge on any atom is -0.454 e. The van der Waals surface area contributed by atoms with Gasteiger partial charge in [0.2, 0.25) is 0 Å². The molecule has 0 spiro atoms. The number of cyclic esters (lactones) is 1. The Labute approximate surface area is 192 Å². The fourth-order valence-electron chi connectivity index (χ4n) is 4.14. The fraction of sp³-hybridized carbons (Fsp3) is 0.222. The monoisotopic (exact) mass is 443 g/mol. The normalized spacial score (nSPS) is 14.8. The fourth-order valence-corrected chi connectivity index (χ4v) is 4.14. The molecule has 0 bridgehead atoms. The Balaban J connectivity index is 1.42. The van der Waals surface area contributed by atoms with E-state index in [1.165, 1.54) is 6.07 Å². The van der Waals surface area contributed by atoms with Crippen LogP contribution < -0.4 is 5.32 Å². The second kappa shape index (κ2) is 9.28. The minimum atomic E-state index is -0.625. The van der Waals surface area contributed by atoms with Gasteiger partial charge in [-0.2, -0.15) is 0 Å².